The molecule has 2 atom stereocenters. The van der Waals surface area contributed by atoms with Crippen molar-refractivity contribution in [3.8, 4) is 0 Å². The molecular weight excluding hydrogens is 438 g/mol. The summed E-state index contributed by atoms with van der Waals surface area (Å²) in [4.78, 5) is 0. The molecule has 2 aromatic rings. The summed E-state index contributed by atoms with van der Waals surface area (Å²) in [5, 5.41) is 0. The third kappa shape index (κ3) is 3.77. The molecule has 0 bridgehead atoms. The van der Waals surface area contributed by atoms with Gasteiger partial charge in [0.05, 0.1) is 0 Å². The van der Waals surface area contributed by atoms with E-state index in [-0.39, 0.29) is 0 Å². The molecule has 3 aliphatic carbocycles. The number of rotatable bonds is 2. The molecule has 0 aromatic heterocycles. The van der Waals surface area contributed by atoms with Gasteiger partial charge in [-0.25, -0.2) is 0 Å². The van der Waals surface area contributed by atoms with Gasteiger partial charge in [0.1, 0.15) is 0 Å². The fourth-order valence-corrected chi connectivity index (χ4v) is 6.64. The summed E-state index contributed by atoms with van der Waals surface area (Å²) in [7, 11) is 11.5. The van der Waals surface area contributed by atoms with Crippen LogP contribution in [0.3, 0.4) is 0 Å². The van der Waals surface area contributed by atoms with Gasteiger partial charge in [-0.1, -0.05) is 72.8 Å². The van der Waals surface area contributed by atoms with Crippen LogP contribution >= 0.6 is 17.0 Å². The summed E-state index contributed by atoms with van der Waals surface area (Å²) >= 11 is -1.96. The van der Waals surface area contributed by atoms with E-state index in [9.17, 15) is 0 Å². The first-order chi connectivity index (χ1) is 12.7. The zero-order valence-corrected chi connectivity index (χ0v) is 18.2. The van der Waals surface area contributed by atoms with E-state index in [1.54, 1.807) is 0 Å². The molecule has 2 aromatic carbocycles. The standard InChI is InChI=1S/C18H14.C5H5.2ClH.Zr/c1-3-7-15-13(5-1)9-11-17(15)18-12-10-14-6-2-4-8-16(14)18;1-2-4-5-3-1;;;/h1-12,17-18H;1-3H,4H2;2*1H;/q;;;;+2/p-2. The Labute approximate surface area is 170 Å². The minimum absolute atomic E-state index is 0.501. The Morgan fingerprint density at radius 3 is 1.73 bits per heavy atom. The molecule has 0 spiro atoms. The fourth-order valence-electron chi connectivity index (χ4n) is 3.77. The van der Waals surface area contributed by atoms with Gasteiger partial charge in [-0.15, -0.1) is 0 Å². The Hall–Kier alpha value is -1.14. The maximum atomic E-state index is 5.74. The maximum absolute atomic E-state index is 5.74. The zero-order valence-electron chi connectivity index (χ0n) is 14.3. The average molecular weight is 458 g/mol. The third-order valence-corrected chi connectivity index (χ3v) is 10.1. The van der Waals surface area contributed by atoms with Gasteiger partial charge < -0.3 is 0 Å². The molecule has 0 N–H and O–H groups in total. The quantitative estimate of drug-likeness (QED) is 0.442. The van der Waals surface area contributed by atoms with E-state index in [0.29, 0.717) is 11.8 Å². The van der Waals surface area contributed by atoms with Crippen molar-refractivity contribution in [2.75, 3.05) is 0 Å². The van der Waals surface area contributed by atoms with E-state index < -0.39 is 19.4 Å². The zero-order chi connectivity index (χ0) is 17.9. The van der Waals surface area contributed by atoms with Crippen molar-refractivity contribution in [1.29, 1.82) is 0 Å². The molecule has 129 valence electrons. The van der Waals surface area contributed by atoms with Gasteiger partial charge in [-0.3, -0.25) is 0 Å². The molecular formula is C23H19Cl2Zr. The Balaban J connectivity index is 0.000000178. The normalized spacial score (nSPS) is 21.1. The monoisotopic (exact) mass is 455 g/mol. The SMILES string of the molecule is C1=CC(C2C=Cc3ccccc32)c2ccccc21.[Cl][Zr]([Cl])[C]1=CC=CC1. The number of fused-ring (bicyclic) bond motifs is 2. The fraction of sp³-hybridized carbons (Fsp3) is 0.130. The van der Waals surface area contributed by atoms with Gasteiger partial charge in [0.25, 0.3) is 0 Å². The van der Waals surface area contributed by atoms with Crippen LogP contribution in [-0.2, 0) is 19.4 Å². The van der Waals surface area contributed by atoms with Gasteiger partial charge in [-0.2, -0.15) is 0 Å². The second-order valence-electron chi connectivity index (χ2n) is 6.61. The number of halogens is 2. The molecule has 0 aliphatic heterocycles. The average Bonchev–Trinajstić information content (AvgIpc) is 3.40. The van der Waals surface area contributed by atoms with Crippen molar-refractivity contribution in [3.05, 3.63) is 104 Å². The molecule has 0 nitrogen and oxygen atoms in total. The van der Waals surface area contributed by atoms with Gasteiger partial charge in [-0.05, 0) is 22.3 Å². The summed E-state index contributed by atoms with van der Waals surface area (Å²) < 4.78 is 1.29. The minimum atomic E-state index is -1.96. The van der Waals surface area contributed by atoms with Gasteiger partial charge in [0, 0.05) is 11.8 Å². The summed E-state index contributed by atoms with van der Waals surface area (Å²) in [5.41, 5.74) is 5.67. The Bertz CT molecular complexity index is 862. The molecule has 0 fully saturated rings. The van der Waals surface area contributed by atoms with Crippen molar-refractivity contribution < 1.29 is 19.4 Å². The van der Waals surface area contributed by atoms with Crippen molar-refractivity contribution in [3.63, 3.8) is 0 Å². The topological polar surface area (TPSA) is 0 Å². The number of hydrogen-bond acceptors (Lipinski definition) is 0. The first-order valence-electron chi connectivity index (χ1n) is 8.82. The number of benzene rings is 2. The molecule has 0 amide bonds. The molecule has 0 saturated heterocycles. The van der Waals surface area contributed by atoms with Crippen molar-refractivity contribution in [2.24, 2.45) is 0 Å². The Kier molecular flexibility index (Phi) is 5.79. The molecule has 2 unspecified atom stereocenters. The van der Waals surface area contributed by atoms with E-state index in [1.165, 1.54) is 25.5 Å². The van der Waals surface area contributed by atoms with Crippen molar-refractivity contribution in [1.82, 2.24) is 0 Å². The number of hydrogen-bond donors (Lipinski definition) is 0. The summed E-state index contributed by atoms with van der Waals surface area (Å²) in [5.74, 6) is 1.00. The Morgan fingerprint density at radius 2 is 1.31 bits per heavy atom. The second kappa shape index (κ2) is 8.26. The van der Waals surface area contributed by atoms with E-state index in [0.717, 1.165) is 6.42 Å². The van der Waals surface area contributed by atoms with Gasteiger partial charge in [0.2, 0.25) is 0 Å². The van der Waals surface area contributed by atoms with Crippen LogP contribution in [-0.4, -0.2) is 0 Å². The molecule has 26 heavy (non-hydrogen) atoms. The molecule has 0 heterocycles. The van der Waals surface area contributed by atoms with Crippen LogP contribution in [0, 0.1) is 0 Å². The third-order valence-electron chi connectivity index (χ3n) is 5.08. The van der Waals surface area contributed by atoms with Crippen LogP contribution in [0.1, 0.15) is 40.5 Å². The van der Waals surface area contributed by atoms with E-state index >= 15 is 0 Å². The van der Waals surface area contributed by atoms with Gasteiger partial charge >= 0.3 is 64.3 Å². The molecule has 3 aliphatic rings. The van der Waals surface area contributed by atoms with E-state index in [4.69, 9.17) is 17.0 Å². The van der Waals surface area contributed by atoms with Crippen LogP contribution < -0.4 is 0 Å². The first kappa shape index (κ1) is 18.2. The molecule has 3 heteroatoms. The van der Waals surface area contributed by atoms with Crippen molar-refractivity contribution in [2.45, 2.75) is 18.3 Å². The molecule has 5 rings (SSSR count). The van der Waals surface area contributed by atoms with Gasteiger partial charge in [0.15, 0.2) is 0 Å². The predicted molar refractivity (Wildman–Crippen MR) is 110 cm³/mol. The van der Waals surface area contributed by atoms with Crippen LogP contribution in [0.4, 0.5) is 0 Å². The van der Waals surface area contributed by atoms with Crippen molar-refractivity contribution >= 4 is 29.2 Å². The van der Waals surface area contributed by atoms with Crippen LogP contribution in [0.2, 0.25) is 0 Å². The van der Waals surface area contributed by atoms with E-state index in [1.807, 2.05) is 12.2 Å². The predicted octanol–water partition coefficient (Wildman–Crippen LogP) is 7.36. The molecule has 0 saturated carbocycles. The van der Waals surface area contributed by atoms with Crippen LogP contribution in [0.15, 0.2) is 82.2 Å². The summed E-state index contributed by atoms with van der Waals surface area (Å²) in [6, 6.07) is 17.4. The van der Waals surface area contributed by atoms with Crippen LogP contribution in [0.5, 0.6) is 0 Å². The first-order valence-corrected chi connectivity index (χ1v) is 16.4. The summed E-state index contributed by atoms with van der Waals surface area (Å²) in [6.07, 6.45) is 16.4. The number of allylic oxidation sites excluding steroid dienone is 6. The molecule has 0 radical (unpaired) electrons. The summed E-state index contributed by atoms with van der Waals surface area (Å²) in [6.45, 7) is 0. The second-order valence-corrected chi connectivity index (χ2v) is 15.1. The Morgan fingerprint density at radius 1 is 0.769 bits per heavy atom. The van der Waals surface area contributed by atoms with E-state index in [2.05, 4.69) is 78.9 Å². The van der Waals surface area contributed by atoms with Crippen LogP contribution in [0.25, 0.3) is 12.2 Å².